The first-order valence-corrected chi connectivity index (χ1v) is 10.7. The van der Waals surface area contributed by atoms with E-state index in [4.69, 9.17) is 9.47 Å². The summed E-state index contributed by atoms with van der Waals surface area (Å²) < 4.78 is 11.1. The van der Waals surface area contributed by atoms with E-state index in [1.807, 2.05) is 5.38 Å². The number of likely N-dealkylation sites (tertiary alicyclic amines) is 1. The average Bonchev–Trinajstić information content (AvgIpc) is 3.34. The third-order valence-electron chi connectivity index (χ3n) is 5.20. The van der Waals surface area contributed by atoms with Gasteiger partial charge in [0.05, 0.1) is 22.6 Å². The van der Waals surface area contributed by atoms with Gasteiger partial charge >= 0.3 is 0 Å². The minimum Gasteiger partial charge on any atom is -0.497 e. The third-order valence-corrected chi connectivity index (χ3v) is 6.14. The van der Waals surface area contributed by atoms with Crippen LogP contribution in [0.4, 0.5) is 5.69 Å². The largest absolute Gasteiger partial charge is 0.497 e. The SMILES string of the molecule is COc1ccc(Oc2ccc([N+](=O)[O-])cc2C(=O)N2CCCC(c3nccs3)C2)cc1. The monoisotopic (exact) mass is 439 g/mol. The van der Waals surface area contributed by atoms with Crippen molar-refractivity contribution in [2.75, 3.05) is 20.2 Å². The molecule has 1 saturated heterocycles. The van der Waals surface area contributed by atoms with Crippen molar-refractivity contribution in [1.29, 1.82) is 0 Å². The van der Waals surface area contributed by atoms with Crippen molar-refractivity contribution in [2.24, 2.45) is 0 Å². The van der Waals surface area contributed by atoms with Crippen LogP contribution in [0.3, 0.4) is 0 Å². The molecule has 1 aromatic heterocycles. The van der Waals surface area contributed by atoms with Gasteiger partial charge in [0.1, 0.15) is 17.2 Å². The molecule has 2 aromatic carbocycles. The van der Waals surface area contributed by atoms with Gasteiger partial charge in [0, 0.05) is 42.7 Å². The maximum absolute atomic E-state index is 13.4. The molecule has 1 amide bonds. The quantitative estimate of drug-likeness (QED) is 0.402. The lowest BCUT2D eigenvalue weighted by molar-refractivity contribution is -0.384. The highest BCUT2D eigenvalue weighted by atomic mass is 32.1. The number of hydrogen-bond acceptors (Lipinski definition) is 7. The Bertz CT molecular complexity index is 1070. The highest BCUT2D eigenvalue weighted by Crippen LogP contribution is 2.33. The number of hydrogen-bond donors (Lipinski definition) is 0. The van der Waals surface area contributed by atoms with Crippen molar-refractivity contribution < 1.29 is 19.2 Å². The summed E-state index contributed by atoms with van der Waals surface area (Å²) >= 11 is 1.58. The maximum atomic E-state index is 13.4. The molecule has 1 aliphatic rings. The van der Waals surface area contributed by atoms with Crippen LogP contribution in [0, 0.1) is 10.1 Å². The Balaban J connectivity index is 1.62. The number of rotatable bonds is 6. The first-order chi connectivity index (χ1) is 15.0. The molecule has 0 radical (unpaired) electrons. The summed E-state index contributed by atoms with van der Waals surface area (Å²) in [6, 6.07) is 11.0. The molecule has 0 bridgehead atoms. The van der Waals surface area contributed by atoms with E-state index in [2.05, 4.69) is 4.98 Å². The molecule has 0 N–H and O–H groups in total. The lowest BCUT2D eigenvalue weighted by Crippen LogP contribution is -2.39. The fourth-order valence-corrected chi connectivity index (χ4v) is 4.40. The fraction of sp³-hybridized carbons (Fsp3) is 0.273. The van der Waals surface area contributed by atoms with Crippen LogP contribution < -0.4 is 9.47 Å². The van der Waals surface area contributed by atoms with Crippen molar-refractivity contribution >= 4 is 22.9 Å². The molecule has 31 heavy (non-hydrogen) atoms. The summed E-state index contributed by atoms with van der Waals surface area (Å²) in [6.45, 7) is 1.11. The Hall–Kier alpha value is -3.46. The van der Waals surface area contributed by atoms with Gasteiger partial charge in [-0.1, -0.05) is 0 Å². The number of carbonyl (C=O) groups is 1. The molecule has 0 spiro atoms. The number of carbonyl (C=O) groups excluding carboxylic acids is 1. The van der Waals surface area contributed by atoms with E-state index < -0.39 is 4.92 Å². The normalized spacial score (nSPS) is 16.0. The third kappa shape index (κ3) is 4.66. The van der Waals surface area contributed by atoms with E-state index in [-0.39, 0.29) is 28.8 Å². The van der Waals surface area contributed by atoms with Gasteiger partial charge in [-0.15, -0.1) is 11.3 Å². The predicted molar refractivity (Wildman–Crippen MR) is 116 cm³/mol. The second kappa shape index (κ2) is 9.13. The second-order valence-corrected chi connectivity index (χ2v) is 8.10. The van der Waals surface area contributed by atoms with E-state index in [0.717, 1.165) is 17.8 Å². The summed E-state index contributed by atoms with van der Waals surface area (Å²) in [4.78, 5) is 30.3. The van der Waals surface area contributed by atoms with Crippen LogP contribution in [0.15, 0.2) is 54.0 Å². The fourth-order valence-electron chi connectivity index (χ4n) is 3.63. The van der Waals surface area contributed by atoms with E-state index in [1.165, 1.54) is 18.2 Å². The van der Waals surface area contributed by atoms with Gasteiger partial charge < -0.3 is 14.4 Å². The summed E-state index contributed by atoms with van der Waals surface area (Å²) in [6.07, 6.45) is 3.57. The minimum atomic E-state index is -0.511. The first-order valence-electron chi connectivity index (χ1n) is 9.84. The number of amides is 1. The number of nitrogens with zero attached hydrogens (tertiary/aromatic N) is 3. The number of nitro groups is 1. The van der Waals surface area contributed by atoms with E-state index in [0.29, 0.717) is 24.6 Å². The summed E-state index contributed by atoms with van der Waals surface area (Å²) in [5.41, 5.74) is 0.0173. The first kappa shape index (κ1) is 20.8. The molecule has 3 aromatic rings. The van der Waals surface area contributed by atoms with Crippen molar-refractivity contribution in [3.05, 3.63) is 74.7 Å². The molecular weight excluding hydrogens is 418 g/mol. The lowest BCUT2D eigenvalue weighted by atomic mass is 9.98. The molecule has 9 heteroatoms. The zero-order valence-corrected chi connectivity index (χ0v) is 17.7. The van der Waals surface area contributed by atoms with Gasteiger partial charge in [-0.05, 0) is 43.2 Å². The molecule has 0 aliphatic carbocycles. The van der Waals surface area contributed by atoms with Crippen LogP contribution in [0.25, 0.3) is 0 Å². The Morgan fingerprint density at radius 1 is 1.23 bits per heavy atom. The molecule has 1 fully saturated rings. The topological polar surface area (TPSA) is 94.8 Å². The summed E-state index contributed by atoms with van der Waals surface area (Å²) in [5.74, 6) is 1.34. The summed E-state index contributed by atoms with van der Waals surface area (Å²) in [5, 5.41) is 14.3. The van der Waals surface area contributed by atoms with Crippen molar-refractivity contribution in [3.8, 4) is 17.2 Å². The van der Waals surface area contributed by atoms with Crippen LogP contribution in [-0.2, 0) is 0 Å². The number of aromatic nitrogens is 1. The molecule has 1 atom stereocenters. The maximum Gasteiger partial charge on any atom is 0.270 e. The molecule has 2 heterocycles. The number of nitro benzene ring substituents is 1. The average molecular weight is 439 g/mol. The van der Waals surface area contributed by atoms with Gasteiger partial charge in [-0.3, -0.25) is 14.9 Å². The summed E-state index contributed by atoms with van der Waals surface area (Å²) in [7, 11) is 1.57. The molecule has 8 nitrogen and oxygen atoms in total. The van der Waals surface area contributed by atoms with Gasteiger partial charge in [0.25, 0.3) is 11.6 Å². The zero-order chi connectivity index (χ0) is 21.8. The minimum absolute atomic E-state index is 0.154. The zero-order valence-electron chi connectivity index (χ0n) is 16.9. The molecule has 160 valence electrons. The van der Waals surface area contributed by atoms with Gasteiger partial charge in [0.15, 0.2) is 0 Å². The highest BCUT2D eigenvalue weighted by molar-refractivity contribution is 7.09. The Morgan fingerprint density at radius 3 is 2.68 bits per heavy atom. The van der Waals surface area contributed by atoms with Gasteiger partial charge in [-0.25, -0.2) is 4.98 Å². The second-order valence-electron chi connectivity index (χ2n) is 7.18. The number of non-ortho nitro benzene ring substituents is 1. The molecular formula is C22H21N3O5S. The molecule has 0 saturated carbocycles. The molecule has 1 aliphatic heterocycles. The van der Waals surface area contributed by atoms with Crippen molar-refractivity contribution in [3.63, 3.8) is 0 Å². The lowest BCUT2D eigenvalue weighted by Gasteiger charge is -2.32. The van der Waals surface area contributed by atoms with Crippen molar-refractivity contribution in [1.82, 2.24) is 9.88 Å². The van der Waals surface area contributed by atoms with E-state index in [9.17, 15) is 14.9 Å². The van der Waals surface area contributed by atoms with Crippen LogP contribution >= 0.6 is 11.3 Å². The highest BCUT2D eigenvalue weighted by Gasteiger charge is 2.29. The van der Waals surface area contributed by atoms with Crippen LogP contribution in [0.5, 0.6) is 17.2 Å². The molecule has 1 unspecified atom stereocenters. The smallest absolute Gasteiger partial charge is 0.270 e. The number of piperidine rings is 1. The number of ether oxygens (including phenoxy) is 2. The van der Waals surface area contributed by atoms with Crippen LogP contribution in [0.2, 0.25) is 0 Å². The Labute approximate surface area is 183 Å². The predicted octanol–water partition coefficient (Wildman–Crippen LogP) is 4.87. The van der Waals surface area contributed by atoms with Crippen molar-refractivity contribution in [2.45, 2.75) is 18.8 Å². The standard InChI is InChI=1S/C22H21N3O5S/c1-29-17-5-7-18(8-6-17)30-20-9-4-16(25(27)28)13-19(20)22(26)24-11-2-3-15(14-24)21-23-10-12-31-21/h4-10,12-13,15H,2-3,11,14H2,1H3. The number of thiazole rings is 1. The van der Waals surface area contributed by atoms with E-state index in [1.54, 1.807) is 53.8 Å². The number of methoxy groups -OCH3 is 1. The Morgan fingerprint density at radius 2 is 2.00 bits per heavy atom. The van der Waals surface area contributed by atoms with Crippen LogP contribution in [0.1, 0.15) is 34.1 Å². The van der Waals surface area contributed by atoms with Gasteiger partial charge in [-0.2, -0.15) is 0 Å². The number of benzene rings is 2. The van der Waals surface area contributed by atoms with Crippen LogP contribution in [-0.4, -0.2) is 40.9 Å². The van der Waals surface area contributed by atoms with E-state index >= 15 is 0 Å². The Kier molecular flexibility index (Phi) is 6.13. The van der Waals surface area contributed by atoms with Gasteiger partial charge in [0.2, 0.25) is 0 Å². The molecule has 4 rings (SSSR count).